The van der Waals surface area contributed by atoms with Gasteiger partial charge in [0.2, 0.25) is 21.8 Å². The highest BCUT2D eigenvalue weighted by Crippen LogP contribution is 2.15. The number of benzene rings is 4. The minimum absolute atomic E-state index is 0.0606. The normalized spacial score (nSPS) is 12.5. The molecule has 0 heterocycles. The molecule has 12 heteroatoms. The summed E-state index contributed by atoms with van der Waals surface area (Å²) in [6.07, 6.45) is 1.40. The molecule has 0 fully saturated rings. The molecule has 2 unspecified atom stereocenters. The standard InChI is InChI=1S/C36H41ClN6O4S/c37-31-13-5-9-25(20-31)10-6-14-32(43-48(46,47)24-27-7-2-1-3-8-27)36(45)42-33(21-28-11-4-12-29(19-28)22-38)35(44)41-23-26-15-17-30(18-16-26)34(39)40/h1-5,7-9,11-13,15-20,32-33,43H,6,10,14,21-24,38H2,(H3,39,40)(H,41,44)(H,42,45). The highest BCUT2D eigenvalue weighted by molar-refractivity contribution is 7.88. The zero-order chi connectivity index (χ0) is 34.5. The van der Waals surface area contributed by atoms with Gasteiger partial charge >= 0.3 is 0 Å². The summed E-state index contributed by atoms with van der Waals surface area (Å²) in [5, 5.41) is 13.9. The highest BCUT2D eigenvalue weighted by atomic mass is 35.5. The van der Waals surface area contributed by atoms with E-state index in [1.165, 1.54) is 0 Å². The van der Waals surface area contributed by atoms with Gasteiger partial charge in [0, 0.05) is 30.1 Å². The number of carbonyl (C=O) groups excluding carboxylic acids is 2. The number of hydrogen-bond donors (Lipinski definition) is 6. The Bertz CT molecular complexity index is 1800. The van der Waals surface area contributed by atoms with Crippen molar-refractivity contribution in [2.45, 2.75) is 56.6 Å². The van der Waals surface area contributed by atoms with Crippen molar-refractivity contribution in [3.8, 4) is 0 Å². The predicted octanol–water partition coefficient (Wildman–Crippen LogP) is 3.94. The zero-order valence-electron chi connectivity index (χ0n) is 26.5. The van der Waals surface area contributed by atoms with E-state index in [-0.39, 0.29) is 31.0 Å². The number of nitrogens with one attached hydrogen (secondary N) is 4. The first-order valence-corrected chi connectivity index (χ1v) is 17.6. The van der Waals surface area contributed by atoms with Gasteiger partial charge in [-0.15, -0.1) is 0 Å². The Balaban J connectivity index is 1.53. The van der Waals surface area contributed by atoms with E-state index < -0.39 is 33.9 Å². The molecule has 8 N–H and O–H groups in total. The zero-order valence-corrected chi connectivity index (χ0v) is 28.1. The number of carbonyl (C=O) groups is 2. The summed E-state index contributed by atoms with van der Waals surface area (Å²) in [7, 11) is -3.93. The van der Waals surface area contributed by atoms with Crippen molar-refractivity contribution in [2.24, 2.45) is 11.5 Å². The van der Waals surface area contributed by atoms with Gasteiger partial charge in [-0.1, -0.05) is 103 Å². The summed E-state index contributed by atoms with van der Waals surface area (Å²) in [6.45, 7) is 0.476. The number of nitrogen functional groups attached to an aromatic ring is 1. The molecule has 0 aliphatic heterocycles. The third-order valence-corrected chi connectivity index (χ3v) is 9.31. The molecule has 0 saturated heterocycles. The lowest BCUT2D eigenvalue weighted by molar-refractivity contribution is -0.130. The third kappa shape index (κ3) is 11.6. The summed E-state index contributed by atoms with van der Waals surface area (Å²) in [5.74, 6) is -1.42. The first-order chi connectivity index (χ1) is 23.0. The van der Waals surface area contributed by atoms with Crippen LogP contribution in [0.1, 0.15) is 46.2 Å². The largest absolute Gasteiger partial charge is 0.384 e. The van der Waals surface area contributed by atoms with Gasteiger partial charge in [-0.2, -0.15) is 0 Å². The molecule has 4 rings (SSSR count). The van der Waals surface area contributed by atoms with Crippen LogP contribution in [0.3, 0.4) is 0 Å². The third-order valence-electron chi connectivity index (χ3n) is 7.72. The average Bonchev–Trinajstić information content (AvgIpc) is 3.07. The second kappa shape index (κ2) is 17.6. The minimum atomic E-state index is -3.93. The van der Waals surface area contributed by atoms with Crippen LogP contribution in [-0.2, 0) is 51.3 Å². The van der Waals surface area contributed by atoms with Crippen molar-refractivity contribution < 1.29 is 18.0 Å². The molecule has 48 heavy (non-hydrogen) atoms. The Morgan fingerprint density at radius 2 is 1.44 bits per heavy atom. The minimum Gasteiger partial charge on any atom is -0.384 e. The van der Waals surface area contributed by atoms with Gasteiger partial charge < -0.3 is 22.1 Å². The molecule has 252 valence electrons. The number of halogens is 1. The summed E-state index contributed by atoms with van der Waals surface area (Å²) in [5.41, 5.74) is 15.9. The summed E-state index contributed by atoms with van der Waals surface area (Å²) < 4.78 is 29.2. The van der Waals surface area contributed by atoms with Crippen LogP contribution in [-0.4, -0.2) is 38.2 Å². The fourth-order valence-electron chi connectivity index (χ4n) is 5.21. The van der Waals surface area contributed by atoms with Crippen molar-refractivity contribution in [1.29, 1.82) is 5.41 Å². The van der Waals surface area contributed by atoms with E-state index >= 15 is 0 Å². The van der Waals surface area contributed by atoms with E-state index in [4.69, 9.17) is 28.5 Å². The number of hydrogen-bond acceptors (Lipinski definition) is 6. The van der Waals surface area contributed by atoms with Crippen LogP contribution in [0.5, 0.6) is 0 Å². The van der Waals surface area contributed by atoms with Crippen molar-refractivity contribution in [2.75, 3.05) is 0 Å². The van der Waals surface area contributed by atoms with E-state index in [9.17, 15) is 18.0 Å². The average molecular weight is 689 g/mol. The maximum Gasteiger partial charge on any atom is 0.243 e. The molecule has 0 radical (unpaired) electrons. The van der Waals surface area contributed by atoms with Crippen LogP contribution in [0.15, 0.2) is 103 Å². The lowest BCUT2D eigenvalue weighted by atomic mass is 10.0. The van der Waals surface area contributed by atoms with Crippen LogP contribution in [0.2, 0.25) is 5.02 Å². The monoisotopic (exact) mass is 688 g/mol. The fraction of sp³-hybridized carbons (Fsp3) is 0.250. The fourth-order valence-corrected chi connectivity index (χ4v) is 6.80. The second-order valence-electron chi connectivity index (χ2n) is 11.6. The number of amides is 2. The van der Waals surface area contributed by atoms with Gasteiger partial charge in [0.05, 0.1) is 5.75 Å². The Morgan fingerprint density at radius 3 is 2.12 bits per heavy atom. The molecule has 4 aromatic carbocycles. The maximum absolute atomic E-state index is 13.9. The summed E-state index contributed by atoms with van der Waals surface area (Å²) in [6, 6.07) is 28.2. The smallest absolute Gasteiger partial charge is 0.243 e. The molecule has 0 aromatic heterocycles. The van der Waals surface area contributed by atoms with Gasteiger partial charge in [-0.05, 0) is 59.2 Å². The van der Waals surface area contributed by atoms with Crippen LogP contribution in [0.4, 0.5) is 0 Å². The van der Waals surface area contributed by atoms with E-state index in [1.807, 2.05) is 42.5 Å². The predicted molar refractivity (Wildman–Crippen MR) is 190 cm³/mol. The van der Waals surface area contributed by atoms with Gasteiger partial charge in [0.15, 0.2) is 0 Å². The van der Waals surface area contributed by atoms with E-state index in [2.05, 4.69) is 15.4 Å². The molecule has 0 bridgehead atoms. The maximum atomic E-state index is 13.9. The van der Waals surface area contributed by atoms with E-state index in [1.54, 1.807) is 60.7 Å². The van der Waals surface area contributed by atoms with Gasteiger partial charge in [0.1, 0.15) is 17.9 Å². The summed E-state index contributed by atoms with van der Waals surface area (Å²) >= 11 is 6.14. The Kier molecular flexibility index (Phi) is 13.3. The van der Waals surface area contributed by atoms with Gasteiger partial charge in [0.25, 0.3) is 0 Å². The van der Waals surface area contributed by atoms with E-state index in [0.717, 1.165) is 22.3 Å². The molecule has 0 spiro atoms. The van der Waals surface area contributed by atoms with Crippen LogP contribution in [0, 0.1) is 5.41 Å². The lowest BCUT2D eigenvalue weighted by Crippen LogP contribution is -2.54. The number of sulfonamides is 1. The number of amidine groups is 1. The molecule has 10 nitrogen and oxygen atoms in total. The van der Waals surface area contributed by atoms with E-state index in [0.29, 0.717) is 35.5 Å². The van der Waals surface area contributed by atoms with Crippen LogP contribution < -0.4 is 26.8 Å². The number of nitrogens with two attached hydrogens (primary N) is 2. The Labute approximate surface area is 286 Å². The first kappa shape index (κ1) is 36.3. The molecule has 0 saturated carbocycles. The molecule has 2 atom stereocenters. The Morgan fingerprint density at radius 1 is 0.771 bits per heavy atom. The number of aryl methyl sites for hydroxylation is 1. The molecule has 2 amide bonds. The van der Waals surface area contributed by atoms with Crippen LogP contribution in [0.25, 0.3) is 0 Å². The molecule has 0 aliphatic rings. The first-order valence-electron chi connectivity index (χ1n) is 15.6. The van der Waals surface area contributed by atoms with Crippen molar-refractivity contribution >= 4 is 39.3 Å². The van der Waals surface area contributed by atoms with Crippen LogP contribution >= 0.6 is 11.6 Å². The van der Waals surface area contributed by atoms with Gasteiger partial charge in [-0.25, -0.2) is 13.1 Å². The molecular formula is C36H41ClN6O4S. The summed E-state index contributed by atoms with van der Waals surface area (Å²) in [4.78, 5) is 27.5. The SMILES string of the molecule is N=C(N)c1ccc(CNC(=O)C(Cc2cccc(CN)c2)NC(=O)C(CCCc2cccc(Cl)c2)NS(=O)(=O)Cc2ccccc2)cc1. The molecule has 0 aliphatic carbocycles. The molecule has 4 aromatic rings. The highest BCUT2D eigenvalue weighted by Gasteiger charge is 2.29. The van der Waals surface area contributed by atoms with Gasteiger partial charge in [-0.3, -0.25) is 15.0 Å². The molecular weight excluding hydrogens is 648 g/mol. The number of rotatable bonds is 17. The van der Waals surface area contributed by atoms with Crippen molar-refractivity contribution in [3.05, 3.63) is 142 Å². The second-order valence-corrected chi connectivity index (χ2v) is 13.7. The van der Waals surface area contributed by atoms with Crippen molar-refractivity contribution in [3.63, 3.8) is 0 Å². The lowest BCUT2D eigenvalue weighted by Gasteiger charge is -2.24. The topological polar surface area (TPSA) is 180 Å². The quantitative estimate of drug-likeness (QED) is 0.0722. The Hall–Kier alpha value is -4.55. The van der Waals surface area contributed by atoms with Crippen molar-refractivity contribution in [1.82, 2.24) is 15.4 Å².